The maximum absolute atomic E-state index is 11.8. The Kier molecular flexibility index (Phi) is 4.98. The number of hydrogen-bond donors (Lipinski definition) is 2. The molecule has 0 aliphatic carbocycles. The van der Waals surface area contributed by atoms with Crippen molar-refractivity contribution in [3.05, 3.63) is 17.5 Å². The van der Waals surface area contributed by atoms with Crippen LogP contribution in [0.1, 0.15) is 35.8 Å². The van der Waals surface area contributed by atoms with Crippen LogP contribution in [0.5, 0.6) is 0 Å². The van der Waals surface area contributed by atoms with Crippen LogP contribution in [-0.4, -0.2) is 28.8 Å². The quantitative estimate of drug-likeness (QED) is 0.698. The van der Waals surface area contributed by atoms with Crippen molar-refractivity contribution in [2.45, 2.75) is 33.2 Å². The molecule has 1 heterocycles. The minimum absolute atomic E-state index is 0.0618. The highest BCUT2D eigenvalue weighted by Gasteiger charge is 2.12. The molecular formula is C11H20N4O. The molecule has 5 nitrogen and oxygen atoms in total. The lowest BCUT2D eigenvalue weighted by Crippen LogP contribution is -2.26. The Labute approximate surface area is 96.0 Å². The van der Waals surface area contributed by atoms with Gasteiger partial charge in [0.15, 0.2) is 0 Å². The summed E-state index contributed by atoms with van der Waals surface area (Å²) in [6, 6.07) is 0. The predicted octanol–water partition coefficient (Wildman–Crippen LogP) is 0.680. The largest absolute Gasteiger partial charge is 0.352 e. The van der Waals surface area contributed by atoms with E-state index in [-0.39, 0.29) is 5.91 Å². The number of rotatable bonds is 6. The standard InChI is InChI=1S/C11H20N4O/c1-3-7-15-8-10(9(2)14-15)11(16)13-6-4-5-12/h8H,3-7,12H2,1-2H3,(H,13,16). The summed E-state index contributed by atoms with van der Waals surface area (Å²) in [5.41, 5.74) is 6.79. The van der Waals surface area contributed by atoms with Gasteiger partial charge in [-0.15, -0.1) is 0 Å². The number of carbonyl (C=O) groups excluding carboxylic acids is 1. The first kappa shape index (κ1) is 12.7. The SMILES string of the molecule is CCCn1cc(C(=O)NCCCN)c(C)n1. The molecule has 5 heteroatoms. The molecule has 0 saturated heterocycles. The zero-order valence-electron chi connectivity index (χ0n) is 9.99. The van der Waals surface area contributed by atoms with E-state index in [1.165, 1.54) is 0 Å². The molecule has 0 aliphatic rings. The van der Waals surface area contributed by atoms with E-state index in [1.54, 1.807) is 6.20 Å². The first-order chi connectivity index (χ1) is 7.69. The second kappa shape index (κ2) is 6.27. The Morgan fingerprint density at radius 2 is 2.38 bits per heavy atom. The molecule has 16 heavy (non-hydrogen) atoms. The monoisotopic (exact) mass is 224 g/mol. The fourth-order valence-electron chi connectivity index (χ4n) is 1.48. The summed E-state index contributed by atoms with van der Waals surface area (Å²) in [7, 11) is 0. The van der Waals surface area contributed by atoms with E-state index < -0.39 is 0 Å². The average molecular weight is 224 g/mol. The molecule has 3 N–H and O–H groups in total. The van der Waals surface area contributed by atoms with Gasteiger partial charge in [0.05, 0.1) is 11.3 Å². The predicted molar refractivity (Wildman–Crippen MR) is 63.3 cm³/mol. The summed E-state index contributed by atoms with van der Waals surface area (Å²) in [5.74, 6) is -0.0618. The van der Waals surface area contributed by atoms with Crippen LogP contribution < -0.4 is 11.1 Å². The second-order valence-electron chi connectivity index (χ2n) is 3.79. The van der Waals surface area contributed by atoms with Crippen LogP contribution in [0, 0.1) is 6.92 Å². The molecule has 0 bridgehead atoms. The molecule has 1 aromatic rings. The number of nitrogens with one attached hydrogen (secondary N) is 1. The topological polar surface area (TPSA) is 72.9 Å². The number of aromatic nitrogens is 2. The fraction of sp³-hybridized carbons (Fsp3) is 0.636. The van der Waals surface area contributed by atoms with E-state index in [1.807, 2.05) is 11.6 Å². The van der Waals surface area contributed by atoms with Crippen LogP contribution in [0.4, 0.5) is 0 Å². The average Bonchev–Trinajstić information content (AvgIpc) is 2.60. The zero-order valence-corrected chi connectivity index (χ0v) is 9.99. The van der Waals surface area contributed by atoms with Gasteiger partial charge in [-0.2, -0.15) is 5.10 Å². The molecule has 1 aromatic heterocycles. The molecule has 1 amide bonds. The lowest BCUT2D eigenvalue weighted by Gasteiger charge is -2.02. The van der Waals surface area contributed by atoms with Crippen LogP contribution in [0.25, 0.3) is 0 Å². The molecule has 0 aliphatic heterocycles. The number of carbonyl (C=O) groups is 1. The van der Waals surface area contributed by atoms with Crippen molar-refractivity contribution < 1.29 is 4.79 Å². The van der Waals surface area contributed by atoms with Gasteiger partial charge in [-0.25, -0.2) is 0 Å². The van der Waals surface area contributed by atoms with E-state index in [9.17, 15) is 4.79 Å². The zero-order chi connectivity index (χ0) is 12.0. The van der Waals surface area contributed by atoms with E-state index in [0.29, 0.717) is 18.7 Å². The number of hydrogen-bond acceptors (Lipinski definition) is 3. The van der Waals surface area contributed by atoms with E-state index in [4.69, 9.17) is 5.73 Å². The van der Waals surface area contributed by atoms with Gasteiger partial charge in [-0.1, -0.05) is 6.92 Å². The molecule has 0 fully saturated rings. The van der Waals surface area contributed by atoms with Crippen molar-refractivity contribution in [3.8, 4) is 0 Å². The highest BCUT2D eigenvalue weighted by Crippen LogP contribution is 2.05. The Bertz CT molecular complexity index is 346. The Morgan fingerprint density at radius 1 is 1.62 bits per heavy atom. The van der Waals surface area contributed by atoms with Crippen molar-refractivity contribution in [2.24, 2.45) is 5.73 Å². The minimum Gasteiger partial charge on any atom is -0.352 e. The van der Waals surface area contributed by atoms with Gasteiger partial charge < -0.3 is 11.1 Å². The summed E-state index contributed by atoms with van der Waals surface area (Å²) >= 11 is 0. The fourth-order valence-corrected chi connectivity index (χ4v) is 1.48. The smallest absolute Gasteiger partial charge is 0.254 e. The molecule has 0 saturated carbocycles. The Balaban J connectivity index is 2.60. The third kappa shape index (κ3) is 3.34. The van der Waals surface area contributed by atoms with Crippen LogP contribution in [0.15, 0.2) is 6.20 Å². The van der Waals surface area contributed by atoms with Crippen LogP contribution in [0.2, 0.25) is 0 Å². The van der Waals surface area contributed by atoms with Gasteiger partial charge in [0.2, 0.25) is 0 Å². The number of nitrogens with zero attached hydrogens (tertiary/aromatic N) is 2. The third-order valence-electron chi connectivity index (χ3n) is 2.31. The normalized spacial score (nSPS) is 10.4. The minimum atomic E-state index is -0.0618. The third-order valence-corrected chi connectivity index (χ3v) is 2.31. The highest BCUT2D eigenvalue weighted by molar-refractivity contribution is 5.94. The molecule has 0 unspecified atom stereocenters. The molecule has 0 radical (unpaired) electrons. The van der Waals surface area contributed by atoms with Crippen LogP contribution in [0.3, 0.4) is 0 Å². The van der Waals surface area contributed by atoms with Gasteiger partial charge in [-0.3, -0.25) is 9.48 Å². The maximum atomic E-state index is 11.8. The Morgan fingerprint density at radius 3 is 3.00 bits per heavy atom. The van der Waals surface area contributed by atoms with Gasteiger partial charge in [-0.05, 0) is 26.3 Å². The van der Waals surface area contributed by atoms with Gasteiger partial charge in [0.1, 0.15) is 0 Å². The maximum Gasteiger partial charge on any atom is 0.254 e. The van der Waals surface area contributed by atoms with E-state index in [2.05, 4.69) is 17.3 Å². The van der Waals surface area contributed by atoms with E-state index in [0.717, 1.165) is 25.1 Å². The van der Waals surface area contributed by atoms with E-state index >= 15 is 0 Å². The number of amides is 1. The molecule has 1 rings (SSSR count). The second-order valence-corrected chi connectivity index (χ2v) is 3.79. The first-order valence-electron chi connectivity index (χ1n) is 5.71. The van der Waals surface area contributed by atoms with Crippen LogP contribution in [-0.2, 0) is 6.54 Å². The lowest BCUT2D eigenvalue weighted by molar-refractivity contribution is 0.0953. The lowest BCUT2D eigenvalue weighted by atomic mass is 10.2. The molecule has 0 atom stereocenters. The summed E-state index contributed by atoms with van der Waals surface area (Å²) in [6.45, 7) is 5.99. The molecule has 0 spiro atoms. The van der Waals surface area contributed by atoms with Gasteiger partial charge >= 0.3 is 0 Å². The van der Waals surface area contributed by atoms with Gasteiger partial charge in [0, 0.05) is 19.3 Å². The summed E-state index contributed by atoms with van der Waals surface area (Å²) in [5, 5.41) is 7.10. The number of aryl methyl sites for hydroxylation is 2. The highest BCUT2D eigenvalue weighted by atomic mass is 16.1. The first-order valence-corrected chi connectivity index (χ1v) is 5.71. The summed E-state index contributed by atoms with van der Waals surface area (Å²) < 4.78 is 1.81. The van der Waals surface area contributed by atoms with Crippen molar-refractivity contribution in [1.82, 2.24) is 15.1 Å². The van der Waals surface area contributed by atoms with Gasteiger partial charge in [0.25, 0.3) is 5.91 Å². The molecular weight excluding hydrogens is 204 g/mol. The van der Waals surface area contributed by atoms with Crippen LogP contribution >= 0.6 is 0 Å². The number of nitrogens with two attached hydrogens (primary N) is 1. The summed E-state index contributed by atoms with van der Waals surface area (Å²) in [6.07, 6.45) is 3.61. The van der Waals surface area contributed by atoms with Crippen molar-refractivity contribution in [1.29, 1.82) is 0 Å². The summed E-state index contributed by atoms with van der Waals surface area (Å²) in [4.78, 5) is 11.8. The Hall–Kier alpha value is -1.36. The molecule has 0 aromatic carbocycles. The van der Waals surface area contributed by atoms with Crippen molar-refractivity contribution >= 4 is 5.91 Å². The van der Waals surface area contributed by atoms with Crippen molar-refractivity contribution in [3.63, 3.8) is 0 Å². The van der Waals surface area contributed by atoms with Crippen molar-refractivity contribution in [2.75, 3.05) is 13.1 Å². The molecule has 90 valence electrons.